The van der Waals surface area contributed by atoms with Crippen LogP contribution in [0.5, 0.6) is 0 Å². The fourth-order valence-corrected chi connectivity index (χ4v) is 4.32. The van der Waals surface area contributed by atoms with E-state index in [1.807, 2.05) is 11.9 Å². The van der Waals surface area contributed by atoms with Crippen molar-refractivity contribution < 1.29 is 18.0 Å². The van der Waals surface area contributed by atoms with Gasteiger partial charge >= 0.3 is 6.03 Å². The van der Waals surface area contributed by atoms with Gasteiger partial charge in [-0.3, -0.25) is 0 Å². The highest BCUT2D eigenvalue weighted by molar-refractivity contribution is 6.02. The number of nitrogens with one attached hydrogen (secondary N) is 1. The van der Waals surface area contributed by atoms with Crippen molar-refractivity contribution in [2.45, 2.75) is 13.5 Å². The standard InChI is InChI=1S/C24H23F3N6O/c1-14-12-15(25)6-7-16(14)20-17-13-28-24(34)33(21-18(26)4-3-5-19(21)27)22(17)30-23(29-20)32-10-8-31(2)9-11-32/h3-7,12H,8-11,13H2,1-2H3,(H,28,34). The van der Waals surface area contributed by atoms with Crippen molar-refractivity contribution in [2.75, 3.05) is 43.0 Å². The average molecular weight is 468 g/mol. The van der Waals surface area contributed by atoms with Gasteiger partial charge in [-0.25, -0.2) is 27.8 Å². The monoisotopic (exact) mass is 468 g/mol. The molecule has 0 spiro atoms. The number of halogens is 3. The lowest BCUT2D eigenvalue weighted by molar-refractivity contribution is 0.246. The Balaban J connectivity index is 1.75. The van der Waals surface area contributed by atoms with Crippen molar-refractivity contribution in [3.63, 3.8) is 0 Å². The Morgan fingerprint density at radius 1 is 0.971 bits per heavy atom. The second kappa shape index (κ2) is 8.60. The molecule has 34 heavy (non-hydrogen) atoms. The number of rotatable bonds is 3. The predicted molar refractivity (Wildman–Crippen MR) is 123 cm³/mol. The van der Waals surface area contributed by atoms with E-state index in [2.05, 4.69) is 15.2 Å². The van der Waals surface area contributed by atoms with Gasteiger partial charge in [0.05, 0.1) is 12.2 Å². The van der Waals surface area contributed by atoms with Gasteiger partial charge in [0.15, 0.2) is 5.82 Å². The SMILES string of the molecule is Cc1cc(F)ccc1-c1nc(N2CCN(C)CC2)nc2c1CNC(=O)N2c1c(F)cccc1F. The maximum absolute atomic E-state index is 14.8. The maximum Gasteiger partial charge on any atom is 0.328 e. The van der Waals surface area contributed by atoms with Gasteiger partial charge in [0, 0.05) is 37.3 Å². The molecule has 7 nitrogen and oxygen atoms in total. The Morgan fingerprint density at radius 3 is 2.35 bits per heavy atom. The minimum absolute atomic E-state index is 0.0654. The minimum atomic E-state index is -0.887. The molecule has 1 N–H and O–H groups in total. The lowest BCUT2D eigenvalue weighted by atomic mass is 10.00. The third-order valence-electron chi connectivity index (χ3n) is 6.20. The van der Waals surface area contributed by atoms with Crippen LogP contribution in [-0.2, 0) is 6.54 Å². The minimum Gasteiger partial charge on any atom is -0.338 e. The van der Waals surface area contributed by atoms with E-state index in [0.717, 1.165) is 30.1 Å². The van der Waals surface area contributed by atoms with E-state index in [1.165, 1.54) is 18.2 Å². The van der Waals surface area contributed by atoms with Crippen molar-refractivity contribution in [2.24, 2.45) is 0 Å². The van der Waals surface area contributed by atoms with Crippen LogP contribution in [0, 0.1) is 24.4 Å². The summed E-state index contributed by atoms with van der Waals surface area (Å²) in [4.78, 5) is 27.4. The first-order chi connectivity index (χ1) is 16.3. The number of aromatic nitrogens is 2. The molecule has 2 aliphatic heterocycles. The largest absolute Gasteiger partial charge is 0.338 e. The number of carbonyl (C=O) groups is 1. The molecule has 10 heteroatoms. The van der Waals surface area contributed by atoms with Crippen LogP contribution >= 0.6 is 0 Å². The van der Waals surface area contributed by atoms with Crippen LogP contribution in [0.25, 0.3) is 11.3 Å². The van der Waals surface area contributed by atoms with Gasteiger partial charge in [-0.2, -0.15) is 4.98 Å². The highest BCUT2D eigenvalue weighted by atomic mass is 19.1. The van der Waals surface area contributed by atoms with Gasteiger partial charge in [0.2, 0.25) is 5.95 Å². The summed E-state index contributed by atoms with van der Waals surface area (Å²) in [7, 11) is 2.02. The number of fused-ring (bicyclic) bond motifs is 1. The number of carbonyl (C=O) groups excluding carboxylic acids is 1. The highest BCUT2D eigenvalue weighted by Gasteiger charge is 2.35. The first-order valence-corrected chi connectivity index (χ1v) is 11.0. The Morgan fingerprint density at radius 2 is 1.68 bits per heavy atom. The van der Waals surface area contributed by atoms with Gasteiger partial charge < -0.3 is 15.1 Å². The summed E-state index contributed by atoms with van der Waals surface area (Å²) in [5.74, 6) is -1.70. The third kappa shape index (κ3) is 3.83. The Kier molecular flexibility index (Phi) is 5.60. The van der Waals surface area contributed by atoms with Crippen LogP contribution in [0.2, 0.25) is 0 Å². The van der Waals surface area contributed by atoms with Gasteiger partial charge in [0.1, 0.15) is 23.1 Å². The molecular formula is C24H23F3N6O. The number of benzene rings is 2. The zero-order chi connectivity index (χ0) is 24.0. The molecule has 1 fully saturated rings. The summed E-state index contributed by atoms with van der Waals surface area (Å²) in [6, 6.07) is 7.07. The van der Waals surface area contributed by atoms with E-state index in [4.69, 9.17) is 4.98 Å². The zero-order valence-electron chi connectivity index (χ0n) is 18.8. The highest BCUT2D eigenvalue weighted by Crippen LogP contribution is 2.39. The summed E-state index contributed by atoms with van der Waals surface area (Å²) < 4.78 is 43.4. The lowest BCUT2D eigenvalue weighted by Crippen LogP contribution is -2.46. The molecule has 2 amide bonds. The van der Waals surface area contributed by atoms with Gasteiger partial charge in [-0.15, -0.1) is 0 Å². The molecule has 0 bridgehead atoms. The first-order valence-electron chi connectivity index (χ1n) is 11.0. The van der Waals surface area contributed by atoms with Crippen LogP contribution in [0.4, 0.5) is 35.4 Å². The number of nitrogens with zero attached hydrogens (tertiary/aromatic N) is 5. The van der Waals surface area contributed by atoms with E-state index in [0.29, 0.717) is 41.4 Å². The number of anilines is 3. The fourth-order valence-electron chi connectivity index (χ4n) is 4.32. The number of aryl methyl sites for hydroxylation is 1. The summed E-state index contributed by atoms with van der Waals surface area (Å²) in [6.45, 7) is 4.71. The van der Waals surface area contributed by atoms with E-state index in [1.54, 1.807) is 13.0 Å². The number of urea groups is 1. The topological polar surface area (TPSA) is 64.6 Å². The molecule has 0 aliphatic carbocycles. The van der Waals surface area contributed by atoms with Crippen molar-refractivity contribution in [3.05, 3.63) is 65.0 Å². The van der Waals surface area contributed by atoms with Crippen LogP contribution < -0.4 is 15.1 Å². The Hall–Kier alpha value is -3.66. The molecule has 2 aliphatic rings. The molecule has 0 atom stereocenters. The van der Waals surface area contributed by atoms with Gasteiger partial charge in [-0.1, -0.05) is 6.07 Å². The van der Waals surface area contributed by atoms with E-state index >= 15 is 0 Å². The Bertz CT molecular complexity index is 1260. The van der Waals surface area contributed by atoms with Gasteiger partial charge in [0.25, 0.3) is 0 Å². The number of piperazine rings is 1. The van der Waals surface area contributed by atoms with Crippen molar-refractivity contribution in [1.82, 2.24) is 20.2 Å². The molecule has 3 heterocycles. The molecule has 5 rings (SSSR count). The Labute approximate surface area is 194 Å². The van der Waals surface area contributed by atoms with E-state index in [-0.39, 0.29) is 18.2 Å². The number of likely N-dealkylation sites (N-methyl/N-ethyl adjacent to an activating group) is 1. The lowest BCUT2D eigenvalue weighted by Gasteiger charge is -2.35. The zero-order valence-corrected chi connectivity index (χ0v) is 18.8. The fraction of sp³-hybridized carbons (Fsp3) is 0.292. The summed E-state index contributed by atoms with van der Waals surface area (Å²) in [5, 5.41) is 2.67. The summed E-state index contributed by atoms with van der Waals surface area (Å²) in [6.07, 6.45) is 0. The molecule has 176 valence electrons. The quantitative estimate of drug-likeness (QED) is 0.630. The predicted octanol–water partition coefficient (Wildman–Crippen LogP) is 3.98. The molecule has 1 saturated heterocycles. The molecule has 3 aromatic rings. The van der Waals surface area contributed by atoms with Crippen molar-refractivity contribution in [1.29, 1.82) is 0 Å². The average Bonchev–Trinajstić information content (AvgIpc) is 2.80. The smallest absolute Gasteiger partial charge is 0.328 e. The van der Waals surface area contributed by atoms with Crippen LogP contribution in [0.15, 0.2) is 36.4 Å². The third-order valence-corrected chi connectivity index (χ3v) is 6.20. The van der Waals surface area contributed by atoms with E-state index in [9.17, 15) is 18.0 Å². The van der Waals surface area contributed by atoms with Crippen molar-refractivity contribution in [3.8, 4) is 11.3 Å². The molecule has 0 radical (unpaired) electrons. The second-order valence-electron chi connectivity index (χ2n) is 8.49. The normalized spacial score (nSPS) is 16.4. The van der Waals surface area contributed by atoms with Gasteiger partial charge in [-0.05, 0) is 49.9 Å². The van der Waals surface area contributed by atoms with Crippen LogP contribution in [0.1, 0.15) is 11.1 Å². The molecule has 2 aromatic carbocycles. The number of amides is 2. The van der Waals surface area contributed by atoms with Crippen LogP contribution in [-0.4, -0.2) is 54.1 Å². The van der Waals surface area contributed by atoms with Crippen molar-refractivity contribution >= 4 is 23.5 Å². The molecule has 0 unspecified atom stereocenters. The maximum atomic E-state index is 14.8. The van der Waals surface area contributed by atoms with E-state index < -0.39 is 23.4 Å². The number of hydrogen-bond donors (Lipinski definition) is 1. The molecular weight excluding hydrogens is 445 g/mol. The molecule has 1 aromatic heterocycles. The number of para-hydroxylation sites is 1. The molecule has 0 saturated carbocycles. The second-order valence-corrected chi connectivity index (χ2v) is 8.49. The first kappa shape index (κ1) is 22.1. The summed E-state index contributed by atoms with van der Waals surface area (Å²) >= 11 is 0. The van der Waals surface area contributed by atoms with Crippen LogP contribution in [0.3, 0.4) is 0 Å². The number of hydrogen-bond acceptors (Lipinski definition) is 5. The summed E-state index contributed by atoms with van der Waals surface area (Å²) in [5.41, 5.74) is 1.77.